The zero-order chi connectivity index (χ0) is 12.8. The highest BCUT2D eigenvalue weighted by Crippen LogP contribution is 2.28. The topological polar surface area (TPSA) is 44.5 Å². The Bertz CT molecular complexity index is 455. The summed E-state index contributed by atoms with van der Waals surface area (Å²) in [6.07, 6.45) is 2.58. The van der Waals surface area contributed by atoms with Crippen molar-refractivity contribution in [1.82, 2.24) is 0 Å². The first-order valence-electron chi connectivity index (χ1n) is 6.29. The Labute approximate surface area is 108 Å². The maximum atomic E-state index is 5.60. The van der Waals surface area contributed by atoms with Crippen LogP contribution in [0.25, 0.3) is 0 Å². The SMILES string of the molecule is Cc1ccc(OCOCC2CC2)c(C#CCN)c1. The summed E-state index contributed by atoms with van der Waals surface area (Å²) in [5.41, 5.74) is 7.41. The lowest BCUT2D eigenvalue weighted by Gasteiger charge is -2.09. The van der Waals surface area contributed by atoms with Crippen LogP contribution in [0.3, 0.4) is 0 Å². The Balaban J connectivity index is 1.92. The number of nitrogens with two attached hydrogens (primary N) is 1. The molecule has 1 aromatic rings. The van der Waals surface area contributed by atoms with E-state index in [1.54, 1.807) is 0 Å². The second-order valence-electron chi connectivity index (χ2n) is 4.58. The fourth-order valence-corrected chi connectivity index (χ4v) is 1.62. The van der Waals surface area contributed by atoms with Gasteiger partial charge in [0.15, 0.2) is 6.79 Å². The average molecular weight is 245 g/mol. The van der Waals surface area contributed by atoms with Gasteiger partial charge < -0.3 is 15.2 Å². The van der Waals surface area contributed by atoms with Gasteiger partial charge in [0.05, 0.1) is 18.7 Å². The van der Waals surface area contributed by atoms with Crippen molar-refractivity contribution in [2.45, 2.75) is 19.8 Å². The molecule has 18 heavy (non-hydrogen) atoms. The second-order valence-corrected chi connectivity index (χ2v) is 4.58. The van der Waals surface area contributed by atoms with Crippen molar-refractivity contribution in [1.29, 1.82) is 0 Å². The number of hydrogen-bond donors (Lipinski definition) is 1. The highest BCUT2D eigenvalue weighted by atomic mass is 16.7. The monoisotopic (exact) mass is 245 g/mol. The van der Waals surface area contributed by atoms with Crippen LogP contribution in [-0.2, 0) is 4.74 Å². The van der Waals surface area contributed by atoms with E-state index in [2.05, 4.69) is 11.8 Å². The van der Waals surface area contributed by atoms with Gasteiger partial charge in [0, 0.05) is 0 Å². The number of rotatable bonds is 5. The van der Waals surface area contributed by atoms with Gasteiger partial charge in [-0.1, -0.05) is 17.9 Å². The van der Waals surface area contributed by atoms with Gasteiger partial charge in [0.25, 0.3) is 0 Å². The summed E-state index contributed by atoms with van der Waals surface area (Å²) >= 11 is 0. The van der Waals surface area contributed by atoms with Crippen LogP contribution >= 0.6 is 0 Å². The Hall–Kier alpha value is -1.50. The predicted molar refractivity (Wildman–Crippen MR) is 71.3 cm³/mol. The molecule has 1 aromatic carbocycles. The van der Waals surface area contributed by atoms with E-state index >= 15 is 0 Å². The van der Waals surface area contributed by atoms with Crippen molar-refractivity contribution < 1.29 is 9.47 Å². The van der Waals surface area contributed by atoms with E-state index in [0.29, 0.717) is 6.54 Å². The minimum Gasteiger partial charge on any atom is -0.466 e. The van der Waals surface area contributed by atoms with Crippen LogP contribution < -0.4 is 10.5 Å². The largest absolute Gasteiger partial charge is 0.466 e. The number of aryl methyl sites for hydroxylation is 1. The van der Waals surface area contributed by atoms with E-state index < -0.39 is 0 Å². The molecule has 0 aliphatic heterocycles. The summed E-state index contributed by atoms with van der Waals surface area (Å²) in [6, 6.07) is 5.93. The van der Waals surface area contributed by atoms with Crippen molar-refractivity contribution in [3.8, 4) is 17.6 Å². The molecule has 1 aliphatic carbocycles. The van der Waals surface area contributed by atoms with Gasteiger partial charge in [-0.25, -0.2) is 0 Å². The normalized spacial score (nSPS) is 13.9. The maximum Gasteiger partial charge on any atom is 0.189 e. The molecule has 1 aliphatic rings. The van der Waals surface area contributed by atoms with Crippen molar-refractivity contribution >= 4 is 0 Å². The minimum atomic E-state index is 0.289. The molecule has 96 valence electrons. The lowest BCUT2D eigenvalue weighted by atomic mass is 10.1. The molecule has 0 spiro atoms. The zero-order valence-electron chi connectivity index (χ0n) is 10.7. The number of hydrogen-bond acceptors (Lipinski definition) is 3. The molecule has 0 atom stereocenters. The van der Waals surface area contributed by atoms with E-state index in [1.165, 1.54) is 12.8 Å². The van der Waals surface area contributed by atoms with Crippen LogP contribution in [0.1, 0.15) is 24.0 Å². The Morgan fingerprint density at radius 3 is 2.94 bits per heavy atom. The second kappa shape index (κ2) is 6.44. The smallest absolute Gasteiger partial charge is 0.189 e. The van der Waals surface area contributed by atoms with Gasteiger partial charge in [-0.2, -0.15) is 0 Å². The van der Waals surface area contributed by atoms with Gasteiger partial charge in [0.2, 0.25) is 0 Å². The number of benzene rings is 1. The van der Waals surface area contributed by atoms with Crippen LogP contribution in [0.2, 0.25) is 0 Å². The van der Waals surface area contributed by atoms with Crippen LogP contribution in [0.5, 0.6) is 5.75 Å². The summed E-state index contributed by atoms with van der Waals surface area (Å²) in [4.78, 5) is 0. The highest BCUT2D eigenvalue weighted by molar-refractivity contribution is 5.48. The van der Waals surface area contributed by atoms with Crippen LogP contribution in [0.15, 0.2) is 18.2 Å². The fourth-order valence-electron chi connectivity index (χ4n) is 1.62. The Morgan fingerprint density at radius 2 is 2.22 bits per heavy atom. The lowest BCUT2D eigenvalue weighted by Crippen LogP contribution is -2.06. The lowest BCUT2D eigenvalue weighted by molar-refractivity contribution is 0.00982. The van der Waals surface area contributed by atoms with Crippen molar-refractivity contribution in [2.24, 2.45) is 11.7 Å². The van der Waals surface area contributed by atoms with Gasteiger partial charge in [-0.15, -0.1) is 0 Å². The third kappa shape index (κ3) is 4.06. The molecule has 0 saturated heterocycles. The quantitative estimate of drug-likeness (QED) is 0.490. The molecule has 0 unspecified atom stereocenters. The van der Waals surface area contributed by atoms with Gasteiger partial charge in [-0.05, 0) is 43.4 Å². The molecule has 1 saturated carbocycles. The van der Waals surface area contributed by atoms with E-state index in [1.807, 2.05) is 25.1 Å². The summed E-state index contributed by atoms with van der Waals surface area (Å²) in [7, 11) is 0. The summed E-state index contributed by atoms with van der Waals surface area (Å²) in [6.45, 7) is 3.47. The zero-order valence-corrected chi connectivity index (χ0v) is 10.7. The molecular weight excluding hydrogens is 226 g/mol. The molecule has 3 heteroatoms. The molecule has 2 N–H and O–H groups in total. The van der Waals surface area contributed by atoms with Crippen LogP contribution in [0.4, 0.5) is 0 Å². The van der Waals surface area contributed by atoms with Crippen LogP contribution in [-0.4, -0.2) is 19.9 Å². The average Bonchev–Trinajstić information content (AvgIpc) is 3.18. The van der Waals surface area contributed by atoms with E-state index in [0.717, 1.165) is 29.4 Å². The molecule has 0 aromatic heterocycles. The van der Waals surface area contributed by atoms with E-state index in [4.69, 9.17) is 15.2 Å². The summed E-state index contributed by atoms with van der Waals surface area (Å²) in [5.74, 6) is 7.38. The van der Waals surface area contributed by atoms with Crippen molar-refractivity contribution in [3.05, 3.63) is 29.3 Å². The molecule has 0 radical (unpaired) electrons. The van der Waals surface area contributed by atoms with Crippen LogP contribution in [0, 0.1) is 24.7 Å². The third-order valence-electron chi connectivity index (χ3n) is 2.81. The fraction of sp³-hybridized carbons (Fsp3) is 0.467. The first kappa shape index (κ1) is 12.9. The van der Waals surface area contributed by atoms with E-state index in [-0.39, 0.29) is 6.79 Å². The minimum absolute atomic E-state index is 0.289. The van der Waals surface area contributed by atoms with Gasteiger partial charge in [-0.3, -0.25) is 0 Å². The molecule has 1 fully saturated rings. The van der Waals surface area contributed by atoms with Gasteiger partial charge >= 0.3 is 0 Å². The maximum absolute atomic E-state index is 5.60. The summed E-state index contributed by atoms with van der Waals surface area (Å²) in [5, 5.41) is 0. The molecule has 3 nitrogen and oxygen atoms in total. The van der Waals surface area contributed by atoms with Gasteiger partial charge in [0.1, 0.15) is 5.75 Å². The van der Waals surface area contributed by atoms with Crippen molar-refractivity contribution in [2.75, 3.05) is 19.9 Å². The Morgan fingerprint density at radius 1 is 1.39 bits per heavy atom. The van der Waals surface area contributed by atoms with E-state index in [9.17, 15) is 0 Å². The number of ether oxygens (including phenoxy) is 2. The summed E-state index contributed by atoms with van der Waals surface area (Å²) < 4.78 is 11.1. The third-order valence-corrected chi connectivity index (χ3v) is 2.81. The first-order valence-corrected chi connectivity index (χ1v) is 6.29. The standard InChI is InChI=1S/C15H19NO2/c1-12-4-7-15(14(9-12)3-2-8-16)18-11-17-10-13-5-6-13/h4,7,9,13H,5-6,8,10-11,16H2,1H3. The molecule has 0 heterocycles. The molecule has 0 amide bonds. The van der Waals surface area contributed by atoms with Crippen molar-refractivity contribution in [3.63, 3.8) is 0 Å². The molecule has 2 rings (SSSR count). The highest BCUT2D eigenvalue weighted by Gasteiger charge is 2.21. The molecular formula is C15H19NO2. The first-order chi connectivity index (χ1) is 8.79. The predicted octanol–water partition coefficient (Wildman–Crippen LogP) is 2.07. The Kier molecular flexibility index (Phi) is 4.63. The molecule has 0 bridgehead atoms.